The average Bonchev–Trinajstić information content (AvgIpc) is 2.77. The Morgan fingerprint density at radius 3 is 2.24 bits per heavy atom. The standard InChI is InChI=1S/C25H20Cl2N2O5/c1-28(2)12-5-7-14-18(9-12)34-19-10-13(29(3)4)6-8-15(19)20(14)21-17(26)11-16(24(30)31)23(27)22(21)25(32)33/h5-11H,1-4H3,(H-,30,31,32,33)/p+1. The summed E-state index contributed by atoms with van der Waals surface area (Å²) < 4.78 is 8.17. The van der Waals surface area contributed by atoms with Crippen molar-refractivity contribution < 1.29 is 24.2 Å². The molecule has 0 fully saturated rings. The predicted molar refractivity (Wildman–Crippen MR) is 134 cm³/mol. The predicted octanol–water partition coefficient (Wildman–Crippen LogP) is 5.01. The molecule has 7 nitrogen and oxygen atoms in total. The highest BCUT2D eigenvalue weighted by molar-refractivity contribution is 6.41. The fourth-order valence-electron chi connectivity index (χ4n) is 3.92. The first-order valence-corrected chi connectivity index (χ1v) is 10.9. The van der Waals surface area contributed by atoms with Gasteiger partial charge in [-0.2, -0.15) is 0 Å². The molecule has 174 valence electrons. The lowest BCUT2D eigenvalue weighted by atomic mass is 9.89. The summed E-state index contributed by atoms with van der Waals surface area (Å²) in [4.78, 5) is 25.9. The van der Waals surface area contributed by atoms with Gasteiger partial charge in [0, 0.05) is 54.0 Å². The Kier molecular flexibility index (Phi) is 6.02. The van der Waals surface area contributed by atoms with Crippen molar-refractivity contribution >= 4 is 51.8 Å². The highest BCUT2D eigenvalue weighted by Crippen LogP contribution is 2.46. The van der Waals surface area contributed by atoms with Crippen LogP contribution in [0.2, 0.25) is 10.0 Å². The van der Waals surface area contributed by atoms with Gasteiger partial charge < -0.3 is 19.5 Å². The van der Waals surface area contributed by atoms with Crippen molar-refractivity contribution in [1.29, 1.82) is 0 Å². The van der Waals surface area contributed by atoms with E-state index in [4.69, 9.17) is 27.6 Å². The molecule has 2 aliphatic rings. The SMILES string of the molecule is CN(C)c1ccc2c(-c3c(Cl)cc(C(=O)O)c(Cl)c3C(=O)O)c3ccc(=[N+](C)C)cc-3oc2c1. The van der Waals surface area contributed by atoms with E-state index in [1.54, 1.807) is 0 Å². The normalized spacial score (nSPS) is 11.1. The zero-order chi connectivity index (χ0) is 24.9. The monoisotopic (exact) mass is 499 g/mol. The quantitative estimate of drug-likeness (QED) is 0.303. The van der Waals surface area contributed by atoms with Crippen molar-refractivity contribution in [3.63, 3.8) is 0 Å². The molecule has 2 aromatic carbocycles. The highest BCUT2D eigenvalue weighted by atomic mass is 35.5. The van der Waals surface area contributed by atoms with Crippen LogP contribution in [-0.4, -0.2) is 50.3 Å². The minimum Gasteiger partial charge on any atom is -0.478 e. The largest absolute Gasteiger partial charge is 0.478 e. The van der Waals surface area contributed by atoms with Crippen LogP contribution in [0.15, 0.2) is 46.9 Å². The van der Waals surface area contributed by atoms with E-state index >= 15 is 0 Å². The zero-order valence-electron chi connectivity index (χ0n) is 18.8. The summed E-state index contributed by atoms with van der Waals surface area (Å²) in [5, 5.41) is 20.6. The molecule has 0 atom stereocenters. The number of benzene rings is 3. The van der Waals surface area contributed by atoms with Crippen molar-refractivity contribution in [2.45, 2.75) is 0 Å². The fraction of sp³-hybridized carbons (Fsp3) is 0.160. The molecule has 0 saturated heterocycles. The number of carboxylic acid groups (broad SMARTS) is 2. The van der Waals surface area contributed by atoms with Gasteiger partial charge in [0.1, 0.15) is 25.4 Å². The number of hydrogen-bond donors (Lipinski definition) is 2. The molecule has 0 aromatic heterocycles. The van der Waals surface area contributed by atoms with Gasteiger partial charge in [-0.1, -0.05) is 23.2 Å². The van der Waals surface area contributed by atoms with Crippen molar-refractivity contribution in [1.82, 2.24) is 4.58 Å². The molecular weight excluding hydrogens is 479 g/mol. The number of aromatic carboxylic acids is 2. The van der Waals surface area contributed by atoms with Gasteiger partial charge in [0.05, 0.1) is 27.2 Å². The molecule has 0 spiro atoms. The van der Waals surface area contributed by atoms with E-state index < -0.39 is 17.0 Å². The summed E-state index contributed by atoms with van der Waals surface area (Å²) in [6.45, 7) is 0. The molecule has 2 aromatic rings. The number of carbonyl (C=O) groups is 2. The minimum absolute atomic E-state index is 0.0404. The molecule has 9 heteroatoms. The lowest BCUT2D eigenvalue weighted by molar-refractivity contribution is 0.0696. The summed E-state index contributed by atoms with van der Waals surface area (Å²) in [6.07, 6.45) is 0. The van der Waals surface area contributed by atoms with Gasteiger partial charge in [-0.15, -0.1) is 0 Å². The van der Waals surface area contributed by atoms with E-state index in [1.165, 1.54) is 6.07 Å². The summed E-state index contributed by atoms with van der Waals surface area (Å²) in [5.41, 5.74) is 1.86. The van der Waals surface area contributed by atoms with Crippen LogP contribution in [0, 0.1) is 0 Å². The summed E-state index contributed by atoms with van der Waals surface area (Å²) in [5.74, 6) is -2.25. The third-order valence-corrected chi connectivity index (χ3v) is 6.32. The van der Waals surface area contributed by atoms with Crippen LogP contribution in [0.1, 0.15) is 20.7 Å². The Morgan fingerprint density at radius 1 is 0.941 bits per heavy atom. The Balaban J connectivity index is 2.26. The van der Waals surface area contributed by atoms with Gasteiger partial charge in [-0.05, 0) is 24.3 Å². The molecule has 0 radical (unpaired) electrons. The molecule has 1 aliphatic heterocycles. The maximum atomic E-state index is 12.3. The lowest BCUT2D eigenvalue weighted by Gasteiger charge is -2.20. The number of halogens is 2. The van der Waals surface area contributed by atoms with Crippen LogP contribution < -0.4 is 14.8 Å². The van der Waals surface area contributed by atoms with Crippen LogP contribution in [0.4, 0.5) is 5.69 Å². The summed E-state index contributed by atoms with van der Waals surface area (Å²) >= 11 is 12.9. The van der Waals surface area contributed by atoms with Crippen molar-refractivity contribution in [3.8, 4) is 22.5 Å². The second-order valence-corrected chi connectivity index (χ2v) is 8.99. The topological polar surface area (TPSA) is 94.0 Å². The average molecular weight is 500 g/mol. The molecule has 34 heavy (non-hydrogen) atoms. The van der Waals surface area contributed by atoms with E-state index in [1.807, 2.05) is 74.1 Å². The maximum Gasteiger partial charge on any atom is 0.337 e. The molecule has 4 rings (SSSR count). The van der Waals surface area contributed by atoms with Gasteiger partial charge in [-0.3, -0.25) is 0 Å². The van der Waals surface area contributed by atoms with Crippen molar-refractivity contribution in [2.75, 3.05) is 33.1 Å². The maximum absolute atomic E-state index is 12.3. The molecule has 0 unspecified atom stereocenters. The first-order chi connectivity index (χ1) is 16.0. The van der Waals surface area contributed by atoms with E-state index in [0.29, 0.717) is 27.9 Å². The second-order valence-electron chi connectivity index (χ2n) is 8.21. The van der Waals surface area contributed by atoms with Crippen LogP contribution in [0.5, 0.6) is 0 Å². The molecule has 1 aliphatic carbocycles. The summed E-state index contributed by atoms with van der Waals surface area (Å²) in [7, 11) is 7.60. The van der Waals surface area contributed by atoms with Gasteiger partial charge in [0.15, 0.2) is 0 Å². The van der Waals surface area contributed by atoms with Crippen LogP contribution in [0.25, 0.3) is 33.4 Å². The van der Waals surface area contributed by atoms with E-state index in [0.717, 1.165) is 11.0 Å². The van der Waals surface area contributed by atoms with Crippen molar-refractivity contribution in [2.24, 2.45) is 0 Å². The number of hydrogen-bond acceptors (Lipinski definition) is 4. The molecular formula is C25H21Cl2N2O5+. The molecule has 0 bridgehead atoms. The molecule has 0 amide bonds. The van der Waals surface area contributed by atoms with Gasteiger partial charge in [0.2, 0.25) is 5.36 Å². The van der Waals surface area contributed by atoms with E-state index in [2.05, 4.69) is 0 Å². The fourth-order valence-corrected chi connectivity index (χ4v) is 4.53. The number of nitrogens with zero attached hydrogens (tertiary/aromatic N) is 2. The number of anilines is 1. The third-order valence-electron chi connectivity index (χ3n) is 5.63. The van der Waals surface area contributed by atoms with Crippen molar-refractivity contribution in [3.05, 3.63) is 69.0 Å². The first-order valence-electron chi connectivity index (χ1n) is 10.2. The summed E-state index contributed by atoms with van der Waals surface area (Å²) in [6, 6.07) is 12.3. The third kappa shape index (κ3) is 3.87. The first kappa shape index (κ1) is 23.6. The van der Waals surface area contributed by atoms with Gasteiger partial charge in [0.25, 0.3) is 0 Å². The molecule has 0 saturated carbocycles. The lowest BCUT2D eigenvalue weighted by Crippen LogP contribution is -2.21. The Bertz CT molecular complexity index is 1530. The Hall–Kier alpha value is -3.55. The van der Waals surface area contributed by atoms with Crippen LogP contribution in [0.3, 0.4) is 0 Å². The van der Waals surface area contributed by atoms with Gasteiger partial charge in [-0.25, -0.2) is 14.2 Å². The second kappa shape index (κ2) is 8.66. The Morgan fingerprint density at radius 2 is 1.65 bits per heavy atom. The molecule has 2 N–H and O–H groups in total. The van der Waals surface area contributed by atoms with E-state index in [9.17, 15) is 19.8 Å². The Labute approximate surface area is 205 Å². The number of carboxylic acids is 2. The smallest absolute Gasteiger partial charge is 0.337 e. The number of rotatable bonds is 4. The highest BCUT2D eigenvalue weighted by Gasteiger charge is 2.29. The van der Waals surface area contributed by atoms with Gasteiger partial charge >= 0.3 is 11.9 Å². The molecule has 1 heterocycles. The van der Waals surface area contributed by atoms with E-state index in [-0.39, 0.29) is 21.7 Å². The minimum atomic E-state index is -1.39. The van der Waals surface area contributed by atoms with Crippen LogP contribution >= 0.6 is 23.2 Å². The van der Waals surface area contributed by atoms with Crippen LogP contribution in [-0.2, 0) is 0 Å². The number of fused-ring (bicyclic) bond motifs is 2. The zero-order valence-corrected chi connectivity index (χ0v) is 20.3.